The second kappa shape index (κ2) is 10.2. The van der Waals surface area contributed by atoms with Gasteiger partial charge in [0.1, 0.15) is 29.7 Å². The van der Waals surface area contributed by atoms with E-state index in [1.165, 1.54) is 23.8 Å². The molecule has 2 heterocycles. The van der Waals surface area contributed by atoms with E-state index in [2.05, 4.69) is 10.1 Å². The van der Waals surface area contributed by atoms with Crippen molar-refractivity contribution in [3.05, 3.63) is 63.4 Å². The molecule has 1 spiro atoms. The molecule has 1 aromatic heterocycles. The minimum absolute atomic E-state index is 0.235. The molecule has 4 rings (SSSR count). The van der Waals surface area contributed by atoms with Crippen molar-refractivity contribution in [3.63, 3.8) is 0 Å². The molecule has 1 aliphatic carbocycles. The third-order valence-electron chi connectivity index (χ3n) is 6.16. The van der Waals surface area contributed by atoms with Crippen LogP contribution >= 0.6 is 7.75 Å². The largest absolute Gasteiger partial charge is 0.459 e. The highest BCUT2D eigenvalue weighted by atomic mass is 31.2. The van der Waals surface area contributed by atoms with E-state index in [9.17, 15) is 24.1 Å². The first kappa shape index (κ1) is 27.3. The number of ether oxygens (including phenoxy) is 2. The number of aromatic amines is 1. The number of nitrogens with zero attached hydrogens (tertiary/aromatic N) is 1. The van der Waals surface area contributed by atoms with Crippen LogP contribution in [0.5, 0.6) is 5.75 Å². The van der Waals surface area contributed by atoms with Gasteiger partial charge >= 0.3 is 19.4 Å². The zero-order chi connectivity index (χ0) is 27.0. The monoisotopic (exact) mass is 537 g/mol. The molecular weight excluding hydrogens is 505 g/mol. The summed E-state index contributed by atoms with van der Waals surface area (Å²) in [5.74, 6) is -0.418. The Morgan fingerprint density at radius 1 is 1.27 bits per heavy atom. The van der Waals surface area contributed by atoms with Gasteiger partial charge in [0.05, 0.1) is 12.7 Å². The summed E-state index contributed by atoms with van der Waals surface area (Å²) in [6.45, 7) is 6.24. The molecule has 0 radical (unpaired) electrons. The van der Waals surface area contributed by atoms with Crippen molar-refractivity contribution in [2.45, 2.75) is 70.6 Å². The van der Waals surface area contributed by atoms with Crippen LogP contribution in [0.25, 0.3) is 0 Å². The van der Waals surface area contributed by atoms with Gasteiger partial charge in [-0.3, -0.25) is 23.7 Å². The summed E-state index contributed by atoms with van der Waals surface area (Å²) < 4.78 is 37.6. The fourth-order valence-electron chi connectivity index (χ4n) is 4.23. The lowest BCUT2D eigenvalue weighted by molar-refractivity contribution is -0.156. The molecule has 0 bridgehead atoms. The fraction of sp³-hybridized carbons (Fsp3) is 0.542. The highest BCUT2D eigenvalue weighted by Gasteiger charge is 2.64. The van der Waals surface area contributed by atoms with Crippen molar-refractivity contribution in [3.8, 4) is 5.75 Å². The molecule has 1 saturated heterocycles. The van der Waals surface area contributed by atoms with Crippen LogP contribution in [-0.4, -0.2) is 51.1 Å². The van der Waals surface area contributed by atoms with E-state index in [0.29, 0.717) is 12.8 Å². The summed E-state index contributed by atoms with van der Waals surface area (Å²) >= 11 is 0. The molecular formula is C24H32N3O9P. The summed E-state index contributed by atoms with van der Waals surface area (Å²) in [4.78, 5) is 38.5. The van der Waals surface area contributed by atoms with Crippen molar-refractivity contribution < 1.29 is 33.0 Å². The van der Waals surface area contributed by atoms with Gasteiger partial charge in [0.25, 0.3) is 5.56 Å². The quantitative estimate of drug-likeness (QED) is 0.319. The molecule has 1 unspecified atom stereocenters. The molecule has 37 heavy (non-hydrogen) atoms. The van der Waals surface area contributed by atoms with Crippen LogP contribution in [0.3, 0.4) is 0 Å². The number of aromatic nitrogens is 2. The molecule has 1 aliphatic heterocycles. The molecule has 0 amide bonds. The van der Waals surface area contributed by atoms with E-state index in [1.807, 2.05) is 0 Å². The van der Waals surface area contributed by atoms with Gasteiger partial charge in [0, 0.05) is 17.7 Å². The molecule has 202 valence electrons. The Morgan fingerprint density at radius 2 is 1.95 bits per heavy atom. The molecule has 1 aromatic carbocycles. The first-order valence-electron chi connectivity index (χ1n) is 12.0. The summed E-state index contributed by atoms with van der Waals surface area (Å²) in [5.41, 5.74) is -2.71. The Kier molecular flexibility index (Phi) is 7.51. The SMILES string of the molecule is C[C@@H](NP(=O)(OC[C@H]1O[C@@H](n2ccc(=O)[nH]c2=O)C2(CC2)[C@@H]1O)Oc1ccccc1)C(=O)OC(C)(C)C. The molecule has 12 nitrogen and oxygen atoms in total. The molecule has 2 fully saturated rings. The zero-order valence-corrected chi connectivity index (χ0v) is 22.0. The second-order valence-electron chi connectivity index (χ2n) is 10.3. The van der Waals surface area contributed by atoms with Gasteiger partial charge in [-0.1, -0.05) is 18.2 Å². The maximum atomic E-state index is 13.8. The number of hydrogen-bond acceptors (Lipinski definition) is 9. The molecule has 2 aromatic rings. The van der Waals surface area contributed by atoms with Gasteiger partial charge in [-0.15, -0.1) is 0 Å². The van der Waals surface area contributed by atoms with Gasteiger partial charge in [-0.2, -0.15) is 5.09 Å². The Labute approximate surface area is 213 Å². The number of benzene rings is 1. The third-order valence-corrected chi connectivity index (χ3v) is 7.80. The maximum Gasteiger partial charge on any atom is 0.459 e. The predicted octanol–water partition coefficient (Wildman–Crippen LogP) is 2.10. The van der Waals surface area contributed by atoms with E-state index in [0.717, 1.165) is 0 Å². The van der Waals surface area contributed by atoms with Crippen LogP contribution in [0.4, 0.5) is 0 Å². The average molecular weight is 538 g/mol. The number of H-pyrrole nitrogens is 1. The molecule has 2 aliphatic rings. The summed E-state index contributed by atoms with van der Waals surface area (Å²) in [6.07, 6.45) is -0.346. The topological polar surface area (TPSA) is 158 Å². The normalized spacial score (nSPS) is 24.8. The van der Waals surface area contributed by atoms with Gasteiger partial charge in [-0.05, 0) is 52.7 Å². The number of para-hydroxylation sites is 1. The van der Waals surface area contributed by atoms with Gasteiger partial charge < -0.3 is 19.1 Å². The molecule has 13 heteroatoms. The second-order valence-corrected chi connectivity index (χ2v) is 12.0. The number of nitrogens with one attached hydrogen (secondary N) is 2. The number of rotatable bonds is 9. The number of carbonyl (C=O) groups excluding carboxylic acids is 1. The maximum absolute atomic E-state index is 13.8. The van der Waals surface area contributed by atoms with E-state index in [4.69, 9.17) is 18.5 Å². The van der Waals surface area contributed by atoms with Crippen LogP contribution in [-0.2, 0) is 23.4 Å². The molecule has 5 atom stereocenters. The minimum atomic E-state index is -4.18. The van der Waals surface area contributed by atoms with Crippen molar-refractivity contribution in [1.29, 1.82) is 0 Å². The Balaban J connectivity index is 1.51. The number of hydrogen-bond donors (Lipinski definition) is 3. The highest BCUT2D eigenvalue weighted by Crippen LogP contribution is 2.62. The minimum Gasteiger partial charge on any atom is -0.459 e. The summed E-state index contributed by atoms with van der Waals surface area (Å²) in [5, 5.41) is 13.6. The molecule has 3 N–H and O–H groups in total. The van der Waals surface area contributed by atoms with Crippen molar-refractivity contribution in [1.82, 2.24) is 14.6 Å². The van der Waals surface area contributed by atoms with Crippen molar-refractivity contribution in [2.75, 3.05) is 6.61 Å². The lowest BCUT2D eigenvalue weighted by Crippen LogP contribution is -2.39. The standard InChI is InChI=1S/C24H32N3O9P/c1-15(20(30)35-23(2,3)4)26-37(32,36-16-8-6-5-7-9-16)33-14-17-19(29)24(11-12-24)21(34-17)27-13-10-18(28)25-22(27)31/h5-10,13,15,17,19,21,29H,11-12,14H2,1-4H3,(H,26,32)(H,25,28,31)/t15-,17-,19-,21-,37?/m1/s1. The molecule has 1 saturated carbocycles. The van der Waals surface area contributed by atoms with Crippen LogP contribution < -0.4 is 20.9 Å². The van der Waals surface area contributed by atoms with Gasteiger partial charge in [0.2, 0.25) is 0 Å². The number of carbonyl (C=O) groups is 1. The lowest BCUT2D eigenvalue weighted by atomic mass is 9.96. The summed E-state index contributed by atoms with van der Waals surface area (Å²) in [6, 6.07) is 8.43. The van der Waals surface area contributed by atoms with Crippen LogP contribution in [0.1, 0.15) is 46.8 Å². The Morgan fingerprint density at radius 3 is 2.54 bits per heavy atom. The Hall–Kier alpha value is -2.76. The van der Waals surface area contributed by atoms with Crippen LogP contribution in [0.2, 0.25) is 0 Å². The predicted molar refractivity (Wildman–Crippen MR) is 132 cm³/mol. The lowest BCUT2D eigenvalue weighted by Gasteiger charge is -2.26. The van der Waals surface area contributed by atoms with E-state index in [-0.39, 0.29) is 12.4 Å². The van der Waals surface area contributed by atoms with E-state index < -0.39 is 60.5 Å². The average Bonchev–Trinajstić information content (AvgIpc) is 3.56. The van der Waals surface area contributed by atoms with Crippen LogP contribution in [0.15, 0.2) is 52.2 Å². The van der Waals surface area contributed by atoms with Gasteiger partial charge in [-0.25, -0.2) is 9.36 Å². The Bertz CT molecular complexity index is 1280. The number of aliphatic hydroxyl groups is 1. The van der Waals surface area contributed by atoms with Crippen molar-refractivity contribution >= 4 is 13.7 Å². The van der Waals surface area contributed by atoms with E-state index in [1.54, 1.807) is 51.1 Å². The number of esters is 1. The fourth-order valence-corrected chi connectivity index (χ4v) is 5.73. The van der Waals surface area contributed by atoms with Gasteiger partial charge in [0.15, 0.2) is 0 Å². The smallest absolute Gasteiger partial charge is 0.459 e. The van der Waals surface area contributed by atoms with Crippen LogP contribution in [0, 0.1) is 5.41 Å². The summed E-state index contributed by atoms with van der Waals surface area (Å²) in [7, 11) is -4.18. The third kappa shape index (κ3) is 6.22. The first-order chi connectivity index (χ1) is 17.3. The number of aliphatic hydroxyl groups excluding tert-OH is 1. The first-order valence-corrected chi connectivity index (χ1v) is 13.5. The van der Waals surface area contributed by atoms with E-state index >= 15 is 0 Å². The highest BCUT2D eigenvalue weighted by molar-refractivity contribution is 7.52. The zero-order valence-electron chi connectivity index (χ0n) is 21.1. The van der Waals surface area contributed by atoms with Crippen molar-refractivity contribution in [2.24, 2.45) is 5.41 Å².